The number of aliphatic hydroxyl groups excluding tert-OH is 1. The topological polar surface area (TPSA) is 38.7 Å². The minimum Gasteiger partial charge on any atom is -0.497 e. The fourth-order valence-corrected chi connectivity index (χ4v) is 2.97. The van der Waals surface area contributed by atoms with Crippen LogP contribution in [0.25, 0.3) is 0 Å². The van der Waals surface area contributed by atoms with Crippen molar-refractivity contribution in [2.45, 2.75) is 32.5 Å². The summed E-state index contributed by atoms with van der Waals surface area (Å²) in [5, 5.41) is 10.5. The van der Waals surface area contributed by atoms with Gasteiger partial charge in [0.1, 0.15) is 23.7 Å². The highest BCUT2D eigenvalue weighted by Gasteiger charge is 2.33. The maximum absolute atomic E-state index is 10.5. The Morgan fingerprint density at radius 1 is 1.00 bits per heavy atom. The van der Waals surface area contributed by atoms with Crippen molar-refractivity contribution in [2.24, 2.45) is 0 Å². The minimum absolute atomic E-state index is 0.242. The molecule has 21 heavy (non-hydrogen) atoms. The highest BCUT2D eigenvalue weighted by molar-refractivity contribution is 5.42. The molecule has 3 heteroatoms. The van der Waals surface area contributed by atoms with Gasteiger partial charge in [-0.3, -0.25) is 0 Å². The first-order valence-electron chi connectivity index (χ1n) is 7.16. The summed E-state index contributed by atoms with van der Waals surface area (Å²) in [6.45, 7) is 4.09. The molecule has 0 amide bonds. The van der Waals surface area contributed by atoms with E-state index in [9.17, 15) is 5.11 Å². The van der Waals surface area contributed by atoms with Crippen LogP contribution in [0.3, 0.4) is 0 Å². The number of ether oxygens (including phenoxy) is 2. The van der Waals surface area contributed by atoms with Gasteiger partial charge in [-0.2, -0.15) is 0 Å². The van der Waals surface area contributed by atoms with Crippen LogP contribution in [0.1, 0.15) is 28.4 Å². The third kappa shape index (κ3) is 2.74. The van der Waals surface area contributed by atoms with Crippen molar-refractivity contribution in [2.75, 3.05) is 7.11 Å². The predicted octanol–water partition coefficient (Wildman–Crippen LogP) is 3.35. The third-order valence-electron chi connectivity index (χ3n) is 3.93. The average Bonchev–Trinajstić information content (AvgIpc) is 2.74. The predicted molar refractivity (Wildman–Crippen MR) is 82.0 cm³/mol. The van der Waals surface area contributed by atoms with Crippen molar-refractivity contribution >= 4 is 0 Å². The fraction of sp³-hybridized carbons (Fsp3) is 0.333. The molecule has 2 unspecified atom stereocenters. The van der Waals surface area contributed by atoms with E-state index >= 15 is 0 Å². The third-order valence-corrected chi connectivity index (χ3v) is 3.93. The lowest BCUT2D eigenvalue weighted by atomic mass is 10.1. The molecule has 0 saturated carbocycles. The van der Waals surface area contributed by atoms with Crippen LogP contribution < -0.4 is 9.47 Å². The zero-order valence-corrected chi connectivity index (χ0v) is 12.6. The highest BCUT2D eigenvalue weighted by atomic mass is 16.5. The number of benzene rings is 2. The highest BCUT2D eigenvalue weighted by Crippen LogP contribution is 2.36. The van der Waals surface area contributed by atoms with E-state index in [1.165, 1.54) is 0 Å². The van der Waals surface area contributed by atoms with Crippen molar-refractivity contribution in [3.05, 3.63) is 58.7 Å². The Morgan fingerprint density at radius 3 is 2.38 bits per heavy atom. The molecular weight excluding hydrogens is 264 g/mol. The first kappa shape index (κ1) is 14.0. The monoisotopic (exact) mass is 284 g/mol. The summed E-state index contributed by atoms with van der Waals surface area (Å²) >= 11 is 0. The molecule has 1 aliphatic carbocycles. The van der Waals surface area contributed by atoms with Crippen LogP contribution in [0.15, 0.2) is 36.4 Å². The summed E-state index contributed by atoms with van der Waals surface area (Å²) in [5.74, 6) is 1.58. The van der Waals surface area contributed by atoms with Crippen LogP contribution in [0, 0.1) is 13.8 Å². The Kier molecular flexibility index (Phi) is 3.60. The van der Waals surface area contributed by atoms with Gasteiger partial charge in [0.2, 0.25) is 0 Å². The molecule has 0 aliphatic heterocycles. The van der Waals surface area contributed by atoms with E-state index < -0.39 is 6.10 Å². The van der Waals surface area contributed by atoms with Crippen LogP contribution in [-0.2, 0) is 6.42 Å². The van der Waals surface area contributed by atoms with Crippen molar-refractivity contribution in [3.8, 4) is 11.5 Å². The van der Waals surface area contributed by atoms with E-state index in [1.54, 1.807) is 7.11 Å². The number of methoxy groups -OCH3 is 1. The van der Waals surface area contributed by atoms with Crippen molar-refractivity contribution in [3.63, 3.8) is 0 Å². The molecule has 0 saturated heterocycles. The van der Waals surface area contributed by atoms with Gasteiger partial charge in [0.05, 0.1) is 7.11 Å². The second-order valence-corrected chi connectivity index (χ2v) is 5.69. The summed E-state index contributed by atoms with van der Waals surface area (Å²) in [4.78, 5) is 0. The van der Waals surface area contributed by atoms with E-state index in [4.69, 9.17) is 9.47 Å². The Bertz CT molecular complexity index is 643. The number of aryl methyl sites for hydroxylation is 2. The van der Waals surface area contributed by atoms with Crippen molar-refractivity contribution in [1.82, 2.24) is 0 Å². The van der Waals surface area contributed by atoms with E-state index in [0.717, 1.165) is 33.8 Å². The summed E-state index contributed by atoms with van der Waals surface area (Å²) in [7, 11) is 1.63. The largest absolute Gasteiger partial charge is 0.497 e. The molecule has 2 atom stereocenters. The molecule has 0 spiro atoms. The molecule has 110 valence electrons. The Labute approximate surface area is 125 Å². The molecule has 0 heterocycles. The molecule has 0 fully saturated rings. The second kappa shape index (κ2) is 5.41. The lowest BCUT2D eigenvalue weighted by Crippen LogP contribution is -2.21. The van der Waals surface area contributed by atoms with Gasteiger partial charge >= 0.3 is 0 Å². The molecule has 3 rings (SSSR count). The minimum atomic E-state index is -0.615. The smallest absolute Gasteiger partial charge is 0.133 e. The van der Waals surface area contributed by atoms with Gasteiger partial charge in [0.25, 0.3) is 0 Å². The van der Waals surface area contributed by atoms with E-state index in [0.29, 0.717) is 6.42 Å². The van der Waals surface area contributed by atoms with Crippen LogP contribution in [-0.4, -0.2) is 18.3 Å². The fourth-order valence-electron chi connectivity index (χ4n) is 2.97. The molecule has 0 bridgehead atoms. The number of hydrogen-bond donors (Lipinski definition) is 1. The standard InChI is InChI=1S/C18H20O3/c1-11-6-12(2)8-15(7-11)21-17-9-13-4-5-14(20-3)10-16(13)18(17)19/h4-8,10,17-19H,9H2,1-3H3. The molecular formula is C18H20O3. The molecule has 1 N–H and O–H groups in total. The van der Waals surface area contributed by atoms with E-state index in [2.05, 4.69) is 6.07 Å². The van der Waals surface area contributed by atoms with Crippen LogP contribution in [0.5, 0.6) is 11.5 Å². The summed E-state index contributed by atoms with van der Waals surface area (Å²) < 4.78 is 11.2. The van der Waals surface area contributed by atoms with Gasteiger partial charge in [-0.25, -0.2) is 0 Å². The van der Waals surface area contributed by atoms with Crippen molar-refractivity contribution in [1.29, 1.82) is 0 Å². The lowest BCUT2D eigenvalue weighted by Gasteiger charge is -2.18. The van der Waals surface area contributed by atoms with Gasteiger partial charge in [0, 0.05) is 6.42 Å². The summed E-state index contributed by atoms with van der Waals surface area (Å²) in [5.41, 5.74) is 4.36. The average molecular weight is 284 g/mol. The Morgan fingerprint density at radius 2 is 1.71 bits per heavy atom. The lowest BCUT2D eigenvalue weighted by molar-refractivity contribution is 0.0492. The summed E-state index contributed by atoms with van der Waals surface area (Å²) in [6, 6.07) is 11.9. The van der Waals surface area contributed by atoms with Crippen LogP contribution >= 0.6 is 0 Å². The van der Waals surface area contributed by atoms with Gasteiger partial charge in [-0.15, -0.1) is 0 Å². The molecule has 1 aliphatic rings. The SMILES string of the molecule is COc1ccc2c(c1)C(O)C(Oc1cc(C)cc(C)c1)C2. The molecule has 3 nitrogen and oxygen atoms in total. The Hall–Kier alpha value is -2.00. The van der Waals surface area contributed by atoms with E-state index in [-0.39, 0.29) is 6.10 Å². The zero-order chi connectivity index (χ0) is 15.0. The number of rotatable bonds is 3. The number of fused-ring (bicyclic) bond motifs is 1. The number of hydrogen-bond acceptors (Lipinski definition) is 3. The summed E-state index contributed by atoms with van der Waals surface area (Å²) in [6.07, 6.45) is -0.141. The van der Waals surface area contributed by atoms with Gasteiger partial charge in [0.15, 0.2) is 0 Å². The first-order valence-corrected chi connectivity index (χ1v) is 7.16. The first-order chi connectivity index (χ1) is 10.1. The van der Waals surface area contributed by atoms with Crippen molar-refractivity contribution < 1.29 is 14.6 Å². The van der Waals surface area contributed by atoms with Gasteiger partial charge in [-0.1, -0.05) is 12.1 Å². The van der Waals surface area contributed by atoms with Crippen LogP contribution in [0.4, 0.5) is 0 Å². The molecule has 0 radical (unpaired) electrons. The molecule has 2 aromatic carbocycles. The maximum atomic E-state index is 10.5. The maximum Gasteiger partial charge on any atom is 0.133 e. The van der Waals surface area contributed by atoms with E-state index in [1.807, 2.05) is 44.2 Å². The quantitative estimate of drug-likeness (QED) is 0.939. The second-order valence-electron chi connectivity index (χ2n) is 5.69. The molecule has 2 aromatic rings. The molecule has 0 aromatic heterocycles. The Balaban J connectivity index is 1.82. The van der Waals surface area contributed by atoms with Gasteiger partial charge in [-0.05, 0) is 60.4 Å². The number of aliphatic hydroxyl groups is 1. The normalized spacial score (nSPS) is 20.2. The zero-order valence-electron chi connectivity index (χ0n) is 12.6. The van der Waals surface area contributed by atoms with Gasteiger partial charge < -0.3 is 14.6 Å². The van der Waals surface area contributed by atoms with Crippen LogP contribution in [0.2, 0.25) is 0 Å².